The molecule has 2 N–H and O–H groups in total. The number of rotatable bonds is 12. The Balaban J connectivity index is 1.33. The van der Waals surface area contributed by atoms with Gasteiger partial charge in [0.15, 0.2) is 0 Å². The summed E-state index contributed by atoms with van der Waals surface area (Å²) >= 11 is 0. The Morgan fingerprint density at radius 3 is 2.50 bits per heavy atom. The Hall–Kier alpha value is -3.54. The number of nitrogens with zero attached hydrogens (tertiary/aromatic N) is 3. The van der Waals surface area contributed by atoms with E-state index in [2.05, 4.69) is 26.5 Å². The maximum Gasteiger partial charge on any atom is 0.127 e. The maximum atomic E-state index is 7.30. The molecule has 0 aliphatic heterocycles. The van der Waals surface area contributed by atoms with E-state index in [0.29, 0.717) is 12.3 Å². The van der Waals surface area contributed by atoms with Crippen LogP contribution in [0.15, 0.2) is 84.6 Å². The van der Waals surface area contributed by atoms with Gasteiger partial charge in [-0.3, -0.25) is 9.97 Å². The van der Waals surface area contributed by atoms with Crippen molar-refractivity contribution in [1.82, 2.24) is 15.3 Å². The highest BCUT2D eigenvalue weighted by atomic mass is 16.5. The summed E-state index contributed by atoms with van der Waals surface area (Å²) in [6.07, 6.45) is 13.1. The predicted octanol–water partition coefficient (Wildman–Crippen LogP) is 5.70. The molecule has 6 nitrogen and oxygen atoms in total. The van der Waals surface area contributed by atoms with E-state index in [0.717, 1.165) is 54.7 Å². The second kappa shape index (κ2) is 12.1. The van der Waals surface area contributed by atoms with Crippen LogP contribution in [0.1, 0.15) is 31.2 Å². The quantitative estimate of drug-likeness (QED) is 0.301. The summed E-state index contributed by atoms with van der Waals surface area (Å²) in [7, 11) is 0. The van der Waals surface area contributed by atoms with E-state index in [9.17, 15) is 0 Å². The number of para-hydroxylation sites is 1. The van der Waals surface area contributed by atoms with Gasteiger partial charge in [-0.25, -0.2) is 5.53 Å². The first kappa shape index (κ1) is 21.2. The average Bonchev–Trinajstić information content (AvgIpc) is 2.82. The van der Waals surface area contributed by atoms with E-state index in [1.807, 2.05) is 48.7 Å². The van der Waals surface area contributed by atoms with Gasteiger partial charge in [0.2, 0.25) is 0 Å². The Kier molecular flexibility index (Phi) is 8.55. The van der Waals surface area contributed by atoms with Gasteiger partial charge in [0.25, 0.3) is 0 Å². The van der Waals surface area contributed by atoms with E-state index in [1.165, 1.54) is 0 Å². The lowest BCUT2D eigenvalue weighted by molar-refractivity contribution is 0.306. The molecular formula is C24H27N5O. The van der Waals surface area contributed by atoms with Crippen molar-refractivity contribution in [3.63, 3.8) is 0 Å². The van der Waals surface area contributed by atoms with Crippen molar-refractivity contribution >= 4 is 5.70 Å². The zero-order chi connectivity index (χ0) is 20.9. The molecule has 0 amide bonds. The highest BCUT2D eigenvalue weighted by Gasteiger charge is 2.05. The van der Waals surface area contributed by atoms with E-state index in [1.54, 1.807) is 24.8 Å². The van der Waals surface area contributed by atoms with Crippen LogP contribution in [0.3, 0.4) is 0 Å². The van der Waals surface area contributed by atoms with Gasteiger partial charge in [-0.15, -0.1) is 0 Å². The van der Waals surface area contributed by atoms with Gasteiger partial charge in [-0.05, 0) is 37.1 Å². The molecular weight excluding hydrogens is 374 g/mol. The fourth-order valence-electron chi connectivity index (χ4n) is 3.08. The number of nitrogens with one attached hydrogen (secondary N) is 2. The van der Waals surface area contributed by atoms with Crippen molar-refractivity contribution in [2.24, 2.45) is 5.11 Å². The average molecular weight is 402 g/mol. The fraction of sp³-hybridized carbons (Fsp3) is 0.250. The van der Waals surface area contributed by atoms with Crippen molar-refractivity contribution in [2.45, 2.75) is 25.7 Å². The smallest absolute Gasteiger partial charge is 0.127 e. The molecule has 0 radical (unpaired) electrons. The van der Waals surface area contributed by atoms with Crippen LogP contribution in [-0.2, 0) is 0 Å². The number of hydrogen-bond donors (Lipinski definition) is 2. The zero-order valence-corrected chi connectivity index (χ0v) is 17.0. The summed E-state index contributed by atoms with van der Waals surface area (Å²) in [6.45, 7) is 1.55. The molecule has 0 aliphatic rings. The molecule has 0 saturated carbocycles. The van der Waals surface area contributed by atoms with Crippen molar-refractivity contribution in [3.8, 4) is 16.9 Å². The maximum absolute atomic E-state index is 7.30. The minimum atomic E-state index is 0.587. The van der Waals surface area contributed by atoms with Crippen LogP contribution >= 0.6 is 0 Å². The lowest BCUT2D eigenvalue weighted by Gasteiger charge is -2.11. The monoisotopic (exact) mass is 401 g/mol. The van der Waals surface area contributed by atoms with Crippen LogP contribution in [-0.4, -0.2) is 23.1 Å². The molecule has 30 heavy (non-hydrogen) atoms. The van der Waals surface area contributed by atoms with E-state index < -0.39 is 0 Å². The molecule has 154 valence electrons. The highest BCUT2D eigenvalue weighted by Crippen LogP contribution is 2.29. The van der Waals surface area contributed by atoms with Gasteiger partial charge in [0.1, 0.15) is 11.4 Å². The number of aromatic nitrogens is 2. The molecule has 1 aromatic carbocycles. The summed E-state index contributed by atoms with van der Waals surface area (Å²) in [4.78, 5) is 8.25. The van der Waals surface area contributed by atoms with Crippen LogP contribution in [0.4, 0.5) is 0 Å². The van der Waals surface area contributed by atoms with Crippen LogP contribution < -0.4 is 10.1 Å². The molecule has 0 fully saturated rings. The minimum Gasteiger partial charge on any atom is -0.493 e. The summed E-state index contributed by atoms with van der Waals surface area (Å²) in [5, 5.41) is 6.80. The number of hydrogen-bond acceptors (Lipinski definition) is 6. The lowest BCUT2D eigenvalue weighted by Crippen LogP contribution is -2.08. The minimum absolute atomic E-state index is 0.587. The van der Waals surface area contributed by atoms with Gasteiger partial charge < -0.3 is 10.1 Å². The summed E-state index contributed by atoms with van der Waals surface area (Å²) < 4.78 is 6.02. The molecule has 0 spiro atoms. The van der Waals surface area contributed by atoms with Crippen LogP contribution in [0.25, 0.3) is 16.8 Å². The van der Waals surface area contributed by atoms with E-state index in [4.69, 9.17) is 10.3 Å². The molecule has 2 aromatic heterocycles. The third kappa shape index (κ3) is 6.51. The molecule has 0 unspecified atom stereocenters. The SMILES string of the molecule is N=N/C(=C\NCCCCCCOc1ccccc1-c1cccnc1)c1cccnc1. The van der Waals surface area contributed by atoms with Gasteiger partial charge >= 0.3 is 0 Å². The fourth-order valence-corrected chi connectivity index (χ4v) is 3.08. The first-order valence-corrected chi connectivity index (χ1v) is 10.2. The Labute approximate surface area is 177 Å². The van der Waals surface area contributed by atoms with Crippen molar-refractivity contribution in [1.29, 1.82) is 5.53 Å². The Morgan fingerprint density at radius 1 is 0.933 bits per heavy atom. The molecule has 3 aromatic rings. The predicted molar refractivity (Wildman–Crippen MR) is 119 cm³/mol. The first-order valence-electron chi connectivity index (χ1n) is 10.2. The van der Waals surface area contributed by atoms with Crippen molar-refractivity contribution in [2.75, 3.05) is 13.2 Å². The van der Waals surface area contributed by atoms with E-state index in [-0.39, 0.29) is 0 Å². The molecule has 0 aliphatic carbocycles. The summed E-state index contributed by atoms with van der Waals surface area (Å²) in [5.41, 5.74) is 10.9. The largest absolute Gasteiger partial charge is 0.493 e. The number of ether oxygens (including phenoxy) is 1. The normalized spacial score (nSPS) is 11.1. The second-order valence-electron chi connectivity index (χ2n) is 6.84. The van der Waals surface area contributed by atoms with Crippen molar-refractivity contribution < 1.29 is 4.74 Å². The van der Waals surface area contributed by atoms with Gasteiger partial charge in [-0.2, -0.15) is 5.11 Å². The molecule has 0 atom stereocenters. The molecule has 6 heteroatoms. The zero-order valence-electron chi connectivity index (χ0n) is 17.0. The molecule has 2 heterocycles. The number of benzene rings is 1. The van der Waals surface area contributed by atoms with Gasteiger partial charge in [-0.1, -0.05) is 37.1 Å². The number of unbranched alkanes of at least 4 members (excludes halogenated alkanes) is 3. The summed E-state index contributed by atoms with van der Waals surface area (Å²) in [5.74, 6) is 0.902. The molecule has 0 saturated heterocycles. The van der Waals surface area contributed by atoms with Crippen LogP contribution in [0.2, 0.25) is 0 Å². The molecule has 0 bridgehead atoms. The third-order valence-electron chi connectivity index (χ3n) is 4.65. The van der Waals surface area contributed by atoms with Gasteiger partial charge in [0, 0.05) is 54.2 Å². The van der Waals surface area contributed by atoms with Crippen LogP contribution in [0, 0.1) is 5.53 Å². The van der Waals surface area contributed by atoms with Crippen LogP contribution in [0.5, 0.6) is 5.75 Å². The topological polar surface area (TPSA) is 83.2 Å². The first-order chi connectivity index (χ1) is 14.9. The van der Waals surface area contributed by atoms with Gasteiger partial charge in [0.05, 0.1) is 6.61 Å². The third-order valence-corrected chi connectivity index (χ3v) is 4.65. The highest BCUT2D eigenvalue weighted by molar-refractivity contribution is 5.69. The summed E-state index contributed by atoms with van der Waals surface area (Å²) in [6, 6.07) is 15.8. The lowest BCUT2D eigenvalue weighted by atomic mass is 10.1. The number of pyridine rings is 2. The van der Waals surface area contributed by atoms with E-state index >= 15 is 0 Å². The second-order valence-corrected chi connectivity index (χ2v) is 6.84. The Morgan fingerprint density at radius 2 is 1.73 bits per heavy atom. The Bertz CT molecular complexity index is 929. The standard InChI is InChI=1S/C24H27N5O/c25-29-23(21-10-8-15-27-18-21)19-28-13-5-1-2-6-16-30-24-12-4-3-11-22(24)20-9-7-14-26-17-20/h3-4,7-12,14-15,17-19,25,28H,1-2,5-6,13,16H2/b23-19-,29-25?. The molecule has 3 rings (SSSR count). The van der Waals surface area contributed by atoms with Crippen molar-refractivity contribution in [3.05, 3.63) is 85.1 Å².